The highest BCUT2D eigenvalue weighted by Crippen LogP contribution is 2.21. The number of aromatic nitrogens is 3. The molecule has 0 saturated heterocycles. The number of hydrogen-bond donors (Lipinski definition) is 1. The number of aryl methyl sites for hydroxylation is 2. The number of rotatable bonds is 9. The van der Waals surface area contributed by atoms with E-state index in [0.717, 1.165) is 20.3 Å². The van der Waals surface area contributed by atoms with Gasteiger partial charge in [0.15, 0.2) is 5.75 Å². The maximum atomic E-state index is 12.9. The molecule has 0 aliphatic rings. The van der Waals surface area contributed by atoms with Gasteiger partial charge in [0, 0.05) is 30.8 Å². The van der Waals surface area contributed by atoms with Crippen LogP contribution in [0.5, 0.6) is 11.5 Å². The number of anilines is 1. The van der Waals surface area contributed by atoms with Crippen LogP contribution in [0.1, 0.15) is 28.7 Å². The first kappa shape index (κ1) is 30.9. The van der Waals surface area contributed by atoms with Crippen LogP contribution in [0.4, 0.5) is 5.69 Å². The van der Waals surface area contributed by atoms with Gasteiger partial charge in [0.05, 0.1) is 27.3 Å². The first-order chi connectivity index (χ1) is 20.6. The number of carbonyl (C=O) groups is 1. The fraction of sp³-hybridized carbons (Fsp3) is 0.250. The van der Waals surface area contributed by atoms with Crippen molar-refractivity contribution in [2.24, 2.45) is 7.05 Å². The number of amides is 1. The van der Waals surface area contributed by atoms with Crippen LogP contribution in [-0.2, 0) is 31.4 Å². The summed E-state index contributed by atoms with van der Waals surface area (Å²) >= 11 is 6.45. The van der Waals surface area contributed by atoms with E-state index in [9.17, 15) is 19.2 Å². The summed E-state index contributed by atoms with van der Waals surface area (Å²) in [5.41, 5.74) is 1.55. The molecule has 0 aliphatic heterocycles. The van der Waals surface area contributed by atoms with Crippen LogP contribution in [0.25, 0.3) is 0 Å². The molecule has 0 unspecified atom stereocenters. The third kappa shape index (κ3) is 7.26. The number of ether oxygens (including phenoxy) is 2. The standard InChI is InChI=1S/C32H31ClN4O6/c1-21-9-11-22(12-10-21)14-16-27(38)34-28-29(33)37(32(41)35(2)31(28)40)18-5-7-23-13-15-25(42-3)24(19-23)20-36-17-6-8-26(43-4)30(36)39/h6,8-13,15,17,19H,14,16,18,20H2,1-4H3,(H,34,38). The summed E-state index contributed by atoms with van der Waals surface area (Å²) < 4.78 is 14.1. The zero-order chi connectivity index (χ0) is 31.1. The minimum absolute atomic E-state index is 0.128. The van der Waals surface area contributed by atoms with Crippen LogP contribution in [0.2, 0.25) is 5.15 Å². The largest absolute Gasteiger partial charge is 0.496 e. The number of hydrogen-bond acceptors (Lipinski definition) is 6. The fourth-order valence-electron chi connectivity index (χ4n) is 4.38. The second kappa shape index (κ2) is 13.8. The van der Waals surface area contributed by atoms with Crippen molar-refractivity contribution in [1.29, 1.82) is 0 Å². The van der Waals surface area contributed by atoms with Crippen LogP contribution >= 0.6 is 11.6 Å². The predicted octanol–water partition coefficient (Wildman–Crippen LogP) is 3.36. The summed E-state index contributed by atoms with van der Waals surface area (Å²) in [5, 5.41) is 2.36. The summed E-state index contributed by atoms with van der Waals surface area (Å²) in [6.07, 6.45) is 2.25. The van der Waals surface area contributed by atoms with Gasteiger partial charge in [-0.2, -0.15) is 0 Å². The Labute approximate surface area is 253 Å². The molecule has 2 aromatic carbocycles. The number of halogens is 1. The fourth-order valence-corrected chi connectivity index (χ4v) is 4.64. The van der Waals surface area contributed by atoms with E-state index in [4.69, 9.17) is 21.1 Å². The Balaban J connectivity index is 1.55. The van der Waals surface area contributed by atoms with E-state index in [-0.39, 0.29) is 41.7 Å². The number of benzene rings is 2. The quantitative estimate of drug-likeness (QED) is 0.232. The first-order valence-corrected chi connectivity index (χ1v) is 13.7. The van der Waals surface area contributed by atoms with Crippen LogP contribution in [0.15, 0.2) is 75.2 Å². The predicted molar refractivity (Wildman–Crippen MR) is 165 cm³/mol. The second-order valence-electron chi connectivity index (χ2n) is 9.77. The van der Waals surface area contributed by atoms with Crippen molar-refractivity contribution >= 4 is 23.2 Å². The summed E-state index contributed by atoms with van der Waals surface area (Å²) in [5.74, 6) is 6.28. The minimum atomic E-state index is -0.713. The lowest BCUT2D eigenvalue weighted by atomic mass is 10.1. The molecule has 222 valence electrons. The van der Waals surface area contributed by atoms with E-state index >= 15 is 0 Å². The summed E-state index contributed by atoms with van der Waals surface area (Å²) in [6, 6.07) is 16.4. The van der Waals surface area contributed by atoms with Crippen LogP contribution in [-0.4, -0.2) is 33.8 Å². The highest BCUT2D eigenvalue weighted by atomic mass is 35.5. The summed E-state index contributed by atoms with van der Waals surface area (Å²) in [7, 11) is 4.28. The molecular formula is C32H31ClN4O6. The smallest absolute Gasteiger partial charge is 0.332 e. The van der Waals surface area contributed by atoms with Crippen molar-refractivity contribution < 1.29 is 14.3 Å². The van der Waals surface area contributed by atoms with Gasteiger partial charge < -0.3 is 19.4 Å². The van der Waals surface area contributed by atoms with Crippen molar-refractivity contribution in [2.75, 3.05) is 19.5 Å². The molecule has 0 atom stereocenters. The molecule has 4 rings (SSSR count). The number of carbonyl (C=O) groups excluding carboxylic acids is 1. The molecule has 2 heterocycles. The van der Waals surface area contributed by atoms with Crippen LogP contribution in [0, 0.1) is 18.8 Å². The molecule has 1 N–H and O–H groups in total. The van der Waals surface area contributed by atoms with E-state index in [1.54, 1.807) is 36.5 Å². The highest BCUT2D eigenvalue weighted by molar-refractivity contribution is 6.32. The van der Waals surface area contributed by atoms with Gasteiger partial charge in [-0.15, -0.1) is 0 Å². The highest BCUT2D eigenvalue weighted by Gasteiger charge is 2.18. The van der Waals surface area contributed by atoms with Gasteiger partial charge in [-0.05, 0) is 49.2 Å². The van der Waals surface area contributed by atoms with Crippen molar-refractivity contribution in [3.8, 4) is 23.3 Å². The molecular weight excluding hydrogens is 572 g/mol. The Bertz CT molecular complexity index is 1900. The molecule has 11 heteroatoms. The maximum absolute atomic E-state index is 12.9. The van der Waals surface area contributed by atoms with Gasteiger partial charge in [-0.1, -0.05) is 53.3 Å². The molecule has 2 aromatic heterocycles. The summed E-state index contributed by atoms with van der Waals surface area (Å²) in [6.45, 7) is 2.05. The van der Waals surface area contributed by atoms with Crippen LogP contribution in [0.3, 0.4) is 0 Å². The number of methoxy groups -OCH3 is 2. The van der Waals surface area contributed by atoms with Crippen molar-refractivity contribution in [3.05, 3.63) is 119 Å². The topological polar surface area (TPSA) is 114 Å². The Kier molecular flexibility index (Phi) is 9.91. The Hall–Kier alpha value is -5.01. The van der Waals surface area contributed by atoms with Gasteiger partial charge >= 0.3 is 5.69 Å². The van der Waals surface area contributed by atoms with Crippen molar-refractivity contribution in [1.82, 2.24) is 13.7 Å². The van der Waals surface area contributed by atoms with Gasteiger partial charge in [0.2, 0.25) is 5.91 Å². The second-order valence-corrected chi connectivity index (χ2v) is 10.1. The molecule has 0 bridgehead atoms. The van der Waals surface area contributed by atoms with Crippen LogP contribution < -0.4 is 31.6 Å². The monoisotopic (exact) mass is 602 g/mol. The average molecular weight is 603 g/mol. The molecule has 0 radical (unpaired) electrons. The van der Waals surface area contributed by atoms with E-state index in [1.165, 1.54) is 25.8 Å². The van der Waals surface area contributed by atoms with Crippen molar-refractivity contribution in [3.63, 3.8) is 0 Å². The zero-order valence-corrected chi connectivity index (χ0v) is 25.0. The maximum Gasteiger partial charge on any atom is 0.332 e. The Morgan fingerprint density at radius 2 is 1.70 bits per heavy atom. The molecule has 43 heavy (non-hydrogen) atoms. The third-order valence-corrected chi connectivity index (χ3v) is 7.19. The van der Waals surface area contributed by atoms with Crippen molar-refractivity contribution in [2.45, 2.75) is 32.9 Å². The van der Waals surface area contributed by atoms with Gasteiger partial charge in [0.25, 0.3) is 11.1 Å². The lowest BCUT2D eigenvalue weighted by molar-refractivity contribution is -0.116. The molecule has 0 saturated carbocycles. The molecule has 1 amide bonds. The van der Waals surface area contributed by atoms with E-state index in [0.29, 0.717) is 23.3 Å². The van der Waals surface area contributed by atoms with E-state index in [2.05, 4.69) is 17.2 Å². The molecule has 4 aromatic rings. The molecule has 0 fully saturated rings. The van der Waals surface area contributed by atoms with E-state index < -0.39 is 17.2 Å². The first-order valence-electron chi connectivity index (χ1n) is 13.4. The zero-order valence-electron chi connectivity index (χ0n) is 24.3. The average Bonchev–Trinajstić information content (AvgIpc) is 3.01. The normalized spacial score (nSPS) is 10.5. The van der Waals surface area contributed by atoms with Gasteiger partial charge in [-0.3, -0.25) is 23.5 Å². The van der Waals surface area contributed by atoms with Gasteiger partial charge in [0.1, 0.15) is 16.6 Å². The van der Waals surface area contributed by atoms with Gasteiger partial charge in [-0.25, -0.2) is 4.79 Å². The molecule has 0 aliphatic carbocycles. The Morgan fingerprint density at radius 3 is 2.40 bits per heavy atom. The van der Waals surface area contributed by atoms with E-state index in [1.807, 2.05) is 31.2 Å². The number of nitrogens with one attached hydrogen (secondary N) is 1. The Morgan fingerprint density at radius 1 is 0.977 bits per heavy atom. The number of pyridine rings is 1. The summed E-state index contributed by atoms with van der Waals surface area (Å²) in [4.78, 5) is 50.9. The third-order valence-electron chi connectivity index (χ3n) is 6.80. The molecule has 10 nitrogen and oxygen atoms in total. The SMILES string of the molecule is COc1ccc(C#CCn2c(Cl)c(NC(=O)CCc3ccc(C)cc3)c(=O)n(C)c2=O)cc1Cn1cccc(OC)c1=O. The minimum Gasteiger partial charge on any atom is -0.496 e. The number of nitrogens with zero attached hydrogens (tertiary/aromatic N) is 3. The molecule has 0 spiro atoms. The lowest BCUT2D eigenvalue weighted by Gasteiger charge is -2.13. The lowest BCUT2D eigenvalue weighted by Crippen LogP contribution is -2.40.